The van der Waals surface area contributed by atoms with Gasteiger partial charge in [-0.25, -0.2) is 0 Å². The molecule has 2 atom stereocenters. The normalized spacial score (nSPS) is 24.4. The molecule has 1 saturated carbocycles. The molecular weight excluding hydrogens is 348 g/mol. The van der Waals surface area contributed by atoms with Gasteiger partial charge in [-0.3, -0.25) is 4.79 Å². The first-order valence-corrected chi connectivity index (χ1v) is 9.24. The summed E-state index contributed by atoms with van der Waals surface area (Å²) in [5.74, 6) is 0.978. The molecule has 0 bridgehead atoms. The van der Waals surface area contributed by atoms with Crippen molar-refractivity contribution in [2.24, 2.45) is 11.3 Å². The van der Waals surface area contributed by atoms with Crippen LogP contribution in [0.5, 0.6) is 5.75 Å². The maximum absolute atomic E-state index is 12.4. The number of hydrogen-bond acceptors (Lipinski definition) is 3. The van der Waals surface area contributed by atoms with Crippen molar-refractivity contribution in [3.05, 3.63) is 76.8 Å². The summed E-state index contributed by atoms with van der Waals surface area (Å²) in [7, 11) is 0. The summed E-state index contributed by atoms with van der Waals surface area (Å²) in [4.78, 5) is 12.4. The highest BCUT2D eigenvalue weighted by Gasteiger charge is 2.55. The van der Waals surface area contributed by atoms with Crippen LogP contribution in [0.1, 0.15) is 24.0 Å². The molecule has 2 aromatic rings. The number of ether oxygens (including phenoxy) is 2. The lowest BCUT2D eigenvalue weighted by Crippen LogP contribution is -2.31. The monoisotopic (exact) mass is 368 g/mol. The van der Waals surface area contributed by atoms with E-state index in [1.807, 2.05) is 48.5 Å². The SMILES string of the molecule is C=C1CC2COC(=O)C2(Cc2ccc(OCc3ccccc3Cl)cc2)C1. The molecule has 26 heavy (non-hydrogen) atoms. The van der Waals surface area contributed by atoms with Gasteiger partial charge in [0, 0.05) is 16.5 Å². The minimum absolute atomic E-state index is 0.0693. The summed E-state index contributed by atoms with van der Waals surface area (Å²) >= 11 is 6.16. The molecule has 1 aliphatic carbocycles. The first kappa shape index (κ1) is 17.2. The predicted octanol–water partition coefficient (Wildman–Crippen LogP) is 4.97. The number of esters is 1. The maximum Gasteiger partial charge on any atom is 0.313 e. The van der Waals surface area contributed by atoms with E-state index in [0.717, 1.165) is 35.3 Å². The summed E-state index contributed by atoms with van der Waals surface area (Å²) in [6.45, 7) is 5.05. The molecule has 0 spiro atoms. The Bertz CT molecular complexity index is 843. The summed E-state index contributed by atoms with van der Waals surface area (Å²) in [6, 6.07) is 15.6. The van der Waals surface area contributed by atoms with Gasteiger partial charge in [0.15, 0.2) is 0 Å². The minimum atomic E-state index is -0.420. The quantitative estimate of drug-likeness (QED) is 0.552. The summed E-state index contributed by atoms with van der Waals surface area (Å²) in [6.07, 6.45) is 2.33. The Morgan fingerprint density at radius 1 is 1.19 bits per heavy atom. The molecule has 1 heterocycles. The van der Waals surface area contributed by atoms with E-state index in [1.54, 1.807) is 0 Å². The second-order valence-electron chi connectivity index (χ2n) is 7.28. The number of carbonyl (C=O) groups is 1. The average Bonchev–Trinajstić information content (AvgIpc) is 3.10. The lowest BCUT2D eigenvalue weighted by atomic mass is 9.75. The number of fused-ring (bicyclic) bond motifs is 1. The first-order chi connectivity index (χ1) is 12.6. The van der Waals surface area contributed by atoms with E-state index >= 15 is 0 Å². The van der Waals surface area contributed by atoms with Crippen LogP contribution in [0.15, 0.2) is 60.7 Å². The van der Waals surface area contributed by atoms with Gasteiger partial charge in [-0.05, 0) is 43.0 Å². The number of benzene rings is 2. The Balaban J connectivity index is 1.44. The zero-order chi connectivity index (χ0) is 18.1. The van der Waals surface area contributed by atoms with E-state index < -0.39 is 5.41 Å². The van der Waals surface area contributed by atoms with Crippen molar-refractivity contribution >= 4 is 17.6 Å². The van der Waals surface area contributed by atoms with Gasteiger partial charge in [-0.1, -0.05) is 54.1 Å². The van der Waals surface area contributed by atoms with Gasteiger partial charge in [0.2, 0.25) is 0 Å². The Kier molecular flexibility index (Phi) is 4.49. The first-order valence-electron chi connectivity index (χ1n) is 8.86. The van der Waals surface area contributed by atoms with E-state index in [2.05, 4.69) is 6.58 Å². The number of hydrogen-bond donors (Lipinski definition) is 0. The van der Waals surface area contributed by atoms with Gasteiger partial charge < -0.3 is 9.47 Å². The zero-order valence-corrected chi connectivity index (χ0v) is 15.3. The van der Waals surface area contributed by atoms with Gasteiger partial charge in [0.05, 0.1) is 12.0 Å². The molecule has 2 aromatic carbocycles. The van der Waals surface area contributed by atoms with E-state index in [4.69, 9.17) is 21.1 Å². The average molecular weight is 369 g/mol. The second-order valence-corrected chi connectivity index (χ2v) is 7.69. The fraction of sp³-hybridized carbons (Fsp3) is 0.318. The Morgan fingerprint density at radius 3 is 2.73 bits per heavy atom. The molecule has 0 N–H and O–H groups in total. The molecule has 4 heteroatoms. The van der Waals surface area contributed by atoms with Gasteiger partial charge in [-0.2, -0.15) is 0 Å². The van der Waals surface area contributed by atoms with Crippen LogP contribution < -0.4 is 4.74 Å². The minimum Gasteiger partial charge on any atom is -0.489 e. The van der Waals surface area contributed by atoms with Crippen LogP contribution in [0, 0.1) is 11.3 Å². The lowest BCUT2D eigenvalue weighted by Gasteiger charge is -2.24. The topological polar surface area (TPSA) is 35.5 Å². The summed E-state index contributed by atoms with van der Waals surface area (Å²) in [5, 5.41) is 0.704. The highest BCUT2D eigenvalue weighted by molar-refractivity contribution is 6.31. The van der Waals surface area contributed by atoms with E-state index in [9.17, 15) is 4.79 Å². The van der Waals surface area contributed by atoms with Crippen molar-refractivity contribution in [3.8, 4) is 5.75 Å². The van der Waals surface area contributed by atoms with Gasteiger partial charge >= 0.3 is 5.97 Å². The third-order valence-electron chi connectivity index (χ3n) is 5.50. The van der Waals surface area contributed by atoms with Crippen LogP contribution in [0.25, 0.3) is 0 Å². The van der Waals surface area contributed by atoms with Crippen LogP contribution in [0.2, 0.25) is 5.02 Å². The van der Waals surface area contributed by atoms with E-state index in [0.29, 0.717) is 24.7 Å². The van der Waals surface area contributed by atoms with Gasteiger partial charge in [-0.15, -0.1) is 0 Å². The molecule has 2 unspecified atom stereocenters. The molecule has 1 saturated heterocycles. The molecular formula is C22H21ClO3. The highest BCUT2D eigenvalue weighted by Crippen LogP contribution is 2.52. The molecule has 2 fully saturated rings. The molecule has 134 valence electrons. The molecule has 3 nitrogen and oxygen atoms in total. The van der Waals surface area contributed by atoms with Crippen LogP contribution in [0.3, 0.4) is 0 Å². The van der Waals surface area contributed by atoms with Crippen LogP contribution in [-0.4, -0.2) is 12.6 Å². The second kappa shape index (κ2) is 6.81. The molecule has 0 radical (unpaired) electrons. The molecule has 1 aliphatic heterocycles. The van der Waals surface area contributed by atoms with E-state index in [-0.39, 0.29) is 11.9 Å². The van der Waals surface area contributed by atoms with Crippen molar-refractivity contribution in [2.45, 2.75) is 25.9 Å². The van der Waals surface area contributed by atoms with Crippen molar-refractivity contribution in [3.63, 3.8) is 0 Å². The van der Waals surface area contributed by atoms with Crippen molar-refractivity contribution < 1.29 is 14.3 Å². The van der Waals surface area contributed by atoms with Gasteiger partial charge in [0.1, 0.15) is 12.4 Å². The van der Waals surface area contributed by atoms with Gasteiger partial charge in [0.25, 0.3) is 0 Å². The predicted molar refractivity (Wildman–Crippen MR) is 101 cm³/mol. The lowest BCUT2D eigenvalue weighted by molar-refractivity contribution is -0.146. The number of rotatable bonds is 5. The Morgan fingerprint density at radius 2 is 1.96 bits per heavy atom. The fourth-order valence-corrected chi connectivity index (χ4v) is 4.30. The van der Waals surface area contributed by atoms with E-state index in [1.165, 1.54) is 0 Å². The zero-order valence-electron chi connectivity index (χ0n) is 14.5. The maximum atomic E-state index is 12.4. The standard InChI is InChI=1S/C22H21ClO3/c1-15-10-18-14-26-21(24)22(18,11-15)12-16-6-8-19(9-7-16)25-13-17-4-2-3-5-20(17)23/h2-9,18H,1,10-14H2. The summed E-state index contributed by atoms with van der Waals surface area (Å²) < 4.78 is 11.2. The molecule has 0 amide bonds. The highest BCUT2D eigenvalue weighted by atomic mass is 35.5. The Hall–Kier alpha value is -2.26. The van der Waals surface area contributed by atoms with Crippen LogP contribution in [0.4, 0.5) is 0 Å². The summed E-state index contributed by atoms with van der Waals surface area (Å²) in [5.41, 5.74) is 2.81. The molecule has 2 aliphatic rings. The number of carbonyl (C=O) groups excluding carboxylic acids is 1. The smallest absolute Gasteiger partial charge is 0.313 e. The van der Waals surface area contributed by atoms with Crippen LogP contribution in [-0.2, 0) is 22.6 Å². The third kappa shape index (κ3) is 3.12. The number of allylic oxidation sites excluding steroid dienone is 1. The number of halogens is 1. The van der Waals surface area contributed by atoms with Crippen molar-refractivity contribution in [1.29, 1.82) is 0 Å². The Labute approximate surface area is 158 Å². The molecule has 0 aromatic heterocycles. The fourth-order valence-electron chi connectivity index (χ4n) is 4.11. The third-order valence-corrected chi connectivity index (χ3v) is 5.87. The van der Waals surface area contributed by atoms with Crippen LogP contribution >= 0.6 is 11.6 Å². The molecule has 4 rings (SSSR count). The largest absolute Gasteiger partial charge is 0.489 e. The number of cyclic esters (lactones) is 1. The van der Waals surface area contributed by atoms with Crippen molar-refractivity contribution in [1.82, 2.24) is 0 Å². The van der Waals surface area contributed by atoms with Crippen molar-refractivity contribution in [2.75, 3.05) is 6.61 Å².